The smallest absolute Gasteiger partial charge is 0.191 e. The average Bonchev–Trinajstić information content (AvgIpc) is 3.09. The van der Waals surface area contributed by atoms with Crippen LogP contribution >= 0.6 is 0 Å². The van der Waals surface area contributed by atoms with Crippen molar-refractivity contribution in [3.8, 4) is 0 Å². The number of ether oxygens (including phenoxy) is 3. The summed E-state index contributed by atoms with van der Waals surface area (Å²) in [5, 5.41) is 6.68. The van der Waals surface area contributed by atoms with Gasteiger partial charge in [0.1, 0.15) is 0 Å². The molecule has 2 heterocycles. The Morgan fingerprint density at radius 2 is 2.30 bits per heavy atom. The topological polar surface area (TPSA) is 64.1 Å². The summed E-state index contributed by atoms with van der Waals surface area (Å²) in [6.45, 7) is 8.59. The molecule has 0 bridgehead atoms. The van der Waals surface area contributed by atoms with Crippen molar-refractivity contribution in [2.75, 3.05) is 52.7 Å². The van der Waals surface area contributed by atoms with Crippen LogP contribution in [0.3, 0.4) is 0 Å². The van der Waals surface area contributed by atoms with Crippen molar-refractivity contribution in [1.82, 2.24) is 10.6 Å². The molecular weight excluding hydrogens is 294 g/mol. The largest absolute Gasteiger partial charge is 0.379 e. The van der Waals surface area contributed by atoms with Gasteiger partial charge in [0.15, 0.2) is 5.96 Å². The highest BCUT2D eigenvalue weighted by Gasteiger charge is 2.15. The molecule has 0 amide bonds. The first kappa shape index (κ1) is 18.2. The molecular formula is C17H31N3O3. The minimum absolute atomic E-state index is 0.290. The van der Waals surface area contributed by atoms with Gasteiger partial charge in [-0.25, -0.2) is 0 Å². The van der Waals surface area contributed by atoms with Crippen LogP contribution in [-0.2, 0) is 14.2 Å². The number of hydrogen-bond donors (Lipinski definition) is 2. The van der Waals surface area contributed by atoms with E-state index >= 15 is 0 Å². The van der Waals surface area contributed by atoms with Gasteiger partial charge in [-0.05, 0) is 32.6 Å². The third-order valence-corrected chi connectivity index (χ3v) is 3.95. The van der Waals surface area contributed by atoms with Crippen molar-refractivity contribution < 1.29 is 14.2 Å². The Morgan fingerprint density at radius 3 is 3.04 bits per heavy atom. The Labute approximate surface area is 139 Å². The zero-order valence-corrected chi connectivity index (χ0v) is 14.3. The van der Waals surface area contributed by atoms with Gasteiger partial charge in [0.25, 0.3) is 0 Å². The summed E-state index contributed by atoms with van der Waals surface area (Å²) in [4.78, 5) is 4.60. The standard InChI is InChI=1S/C17H31N3O3/c1-2-18-17(20-9-4-15-5-11-21-12-6-15)19-8-3-10-23-16-7-13-22-14-16/h5,16H,2-4,6-14H2,1H3,(H2,18,19,20). The minimum Gasteiger partial charge on any atom is -0.379 e. The number of hydrogen-bond acceptors (Lipinski definition) is 4. The van der Waals surface area contributed by atoms with Gasteiger partial charge in [-0.15, -0.1) is 0 Å². The van der Waals surface area contributed by atoms with E-state index < -0.39 is 0 Å². The molecule has 1 unspecified atom stereocenters. The predicted molar refractivity (Wildman–Crippen MR) is 91.9 cm³/mol. The summed E-state index contributed by atoms with van der Waals surface area (Å²) in [5.41, 5.74) is 1.48. The maximum Gasteiger partial charge on any atom is 0.191 e. The summed E-state index contributed by atoms with van der Waals surface area (Å²) in [6.07, 6.45) is 6.55. The van der Waals surface area contributed by atoms with E-state index in [4.69, 9.17) is 14.2 Å². The van der Waals surface area contributed by atoms with Crippen molar-refractivity contribution in [1.29, 1.82) is 0 Å². The second kappa shape index (κ2) is 11.4. The normalized spacial score (nSPS) is 22.0. The first-order valence-electron chi connectivity index (χ1n) is 8.85. The van der Waals surface area contributed by atoms with E-state index in [0.717, 1.165) is 84.3 Å². The number of rotatable bonds is 9. The Balaban J connectivity index is 1.58. The number of guanidine groups is 1. The minimum atomic E-state index is 0.290. The highest BCUT2D eigenvalue weighted by molar-refractivity contribution is 5.79. The second-order valence-electron chi connectivity index (χ2n) is 5.83. The summed E-state index contributed by atoms with van der Waals surface area (Å²) in [5.74, 6) is 0.893. The van der Waals surface area contributed by atoms with E-state index in [1.165, 1.54) is 5.57 Å². The van der Waals surface area contributed by atoms with Gasteiger partial charge in [0, 0.05) is 32.8 Å². The molecule has 0 saturated carbocycles. The van der Waals surface area contributed by atoms with Crippen LogP contribution in [0.25, 0.3) is 0 Å². The third kappa shape index (κ3) is 7.81. The fourth-order valence-electron chi connectivity index (χ4n) is 2.63. The van der Waals surface area contributed by atoms with Gasteiger partial charge < -0.3 is 24.8 Å². The van der Waals surface area contributed by atoms with Gasteiger partial charge in [-0.1, -0.05) is 11.6 Å². The van der Waals surface area contributed by atoms with Gasteiger partial charge in [0.2, 0.25) is 0 Å². The Morgan fingerprint density at radius 1 is 1.35 bits per heavy atom. The van der Waals surface area contributed by atoms with E-state index in [1.54, 1.807) is 0 Å². The molecule has 0 aromatic rings. The van der Waals surface area contributed by atoms with Crippen molar-refractivity contribution >= 4 is 5.96 Å². The van der Waals surface area contributed by atoms with Crippen LogP contribution in [-0.4, -0.2) is 64.7 Å². The summed E-state index contributed by atoms with van der Waals surface area (Å²) >= 11 is 0. The van der Waals surface area contributed by atoms with E-state index in [9.17, 15) is 0 Å². The zero-order valence-electron chi connectivity index (χ0n) is 14.3. The Kier molecular flexibility index (Phi) is 9.06. The van der Waals surface area contributed by atoms with Crippen LogP contribution in [0.4, 0.5) is 0 Å². The van der Waals surface area contributed by atoms with Gasteiger partial charge in [-0.3, -0.25) is 4.99 Å². The van der Waals surface area contributed by atoms with Crippen molar-refractivity contribution in [2.24, 2.45) is 4.99 Å². The van der Waals surface area contributed by atoms with Crippen molar-refractivity contribution in [3.05, 3.63) is 11.6 Å². The van der Waals surface area contributed by atoms with Gasteiger partial charge in [0.05, 0.1) is 25.9 Å². The second-order valence-corrected chi connectivity index (χ2v) is 5.83. The molecule has 1 fully saturated rings. The zero-order chi connectivity index (χ0) is 16.2. The summed E-state index contributed by atoms with van der Waals surface area (Å²) in [6, 6.07) is 0. The molecule has 0 aromatic carbocycles. The van der Waals surface area contributed by atoms with Crippen LogP contribution in [0.2, 0.25) is 0 Å². The van der Waals surface area contributed by atoms with Crippen LogP contribution in [0, 0.1) is 0 Å². The van der Waals surface area contributed by atoms with E-state index in [2.05, 4.69) is 28.6 Å². The molecule has 0 spiro atoms. The van der Waals surface area contributed by atoms with Gasteiger partial charge >= 0.3 is 0 Å². The highest BCUT2D eigenvalue weighted by atomic mass is 16.5. The van der Waals surface area contributed by atoms with Crippen LogP contribution < -0.4 is 10.6 Å². The molecule has 2 rings (SSSR count). The first-order valence-corrected chi connectivity index (χ1v) is 8.85. The SMILES string of the molecule is CCNC(=NCCCOC1CCOC1)NCCC1=CCOCC1. The monoisotopic (exact) mass is 325 g/mol. The molecule has 1 atom stereocenters. The predicted octanol–water partition coefficient (Wildman–Crippen LogP) is 1.47. The average molecular weight is 325 g/mol. The molecule has 2 N–H and O–H groups in total. The molecule has 6 heteroatoms. The maximum absolute atomic E-state index is 5.75. The lowest BCUT2D eigenvalue weighted by Crippen LogP contribution is -2.38. The molecule has 1 saturated heterocycles. The number of aliphatic imine (C=N–C) groups is 1. The molecule has 0 aromatic heterocycles. The van der Waals surface area contributed by atoms with Crippen LogP contribution in [0.15, 0.2) is 16.6 Å². The lowest BCUT2D eigenvalue weighted by Gasteiger charge is -2.15. The fraction of sp³-hybridized carbons (Fsp3) is 0.824. The summed E-state index contributed by atoms with van der Waals surface area (Å²) in [7, 11) is 0. The first-order chi connectivity index (χ1) is 11.4. The Bertz CT molecular complexity index is 379. The molecule has 2 aliphatic rings. The van der Waals surface area contributed by atoms with Crippen LogP contribution in [0.1, 0.15) is 32.6 Å². The van der Waals surface area contributed by atoms with Crippen molar-refractivity contribution in [3.63, 3.8) is 0 Å². The molecule has 2 aliphatic heterocycles. The quantitative estimate of drug-likeness (QED) is 0.291. The van der Waals surface area contributed by atoms with E-state index in [0.29, 0.717) is 0 Å². The molecule has 0 aliphatic carbocycles. The van der Waals surface area contributed by atoms with Crippen molar-refractivity contribution in [2.45, 2.75) is 38.7 Å². The lowest BCUT2D eigenvalue weighted by molar-refractivity contribution is 0.0424. The number of nitrogens with one attached hydrogen (secondary N) is 2. The molecule has 132 valence electrons. The number of nitrogens with zero attached hydrogens (tertiary/aromatic N) is 1. The molecule has 6 nitrogen and oxygen atoms in total. The maximum atomic E-state index is 5.75. The Hall–Kier alpha value is -1.11. The highest BCUT2D eigenvalue weighted by Crippen LogP contribution is 2.10. The fourth-order valence-corrected chi connectivity index (χ4v) is 2.63. The van der Waals surface area contributed by atoms with E-state index in [-0.39, 0.29) is 6.10 Å². The van der Waals surface area contributed by atoms with Crippen LogP contribution in [0.5, 0.6) is 0 Å². The van der Waals surface area contributed by atoms with E-state index in [1.807, 2.05) is 0 Å². The third-order valence-electron chi connectivity index (χ3n) is 3.95. The molecule has 23 heavy (non-hydrogen) atoms. The lowest BCUT2D eigenvalue weighted by atomic mass is 10.1. The summed E-state index contributed by atoms with van der Waals surface area (Å²) < 4.78 is 16.4. The van der Waals surface area contributed by atoms with Gasteiger partial charge in [-0.2, -0.15) is 0 Å². The molecule has 0 radical (unpaired) electrons.